The number of carbonyl (C=O) groups excluding carboxylic acids is 1. The summed E-state index contributed by atoms with van der Waals surface area (Å²) in [6, 6.07) is 0. The molecular weight excluding hydrogens is 355 g/mol. The standard InChI is InChI=1S/C15H24N4O2S2.Na/c1-14(5-6-14)12(22)18(3)16-10(20)9-11(21)17-19(4)13(23)15(2)7-8-15;/h9,16,20H,5-8H2,1-4H3,(H,17,21);/q;+1/b10-9-;. The molecule has 2 saturated carbocycles. The van der Waals surface area contributed by atoms with E-state index in [1.165, 1.54) is 5.01 Å². The SMILES string of the molecule is CN(NC(=O)/C=C(\O)NN(C)C(=S)C1(C)CC1)C(=S)C1(C)CC1.[Na+]. The molecule has 1 amide bonds. The van der Waals surface area contributed by atoms with Crippen LogP contribution < -0.4 is 40.4 Å². The first-order valence-electron chi connectivity index (χ1n) is 7.62. The summed E-state index contributed by atoms with van der Waals surface area (Å²) in [7, 11) is 3.43. The largest absolute Gasteiger partial charge is 1.00 e. The normalized spacial score (nSPS) is 19.4. The van der Waals surface area contributed by atoms with Gasteiger partial charge in [0.25, 0.3) is 5.91 Å². The molecule has 0 aromatic carbocycles. The molecule has 0 bridgehead atoms. The first-order valence-corrected chi connectivity index (χ1v) is 8.43. The maximum atomic E-state index is 11.9. The van der Waals surface area contributed by atoms with Gasteiger partial charge in [-0.25, -0.2) is 0 Å². The van der Waals surface area contributed by atoms with Crippen molar-refractivity contribution in [1.29, 1.82) is 0 Å². The van der Waals surface area contributed by atoms with Crippen LogP contribution in [-0.4, -0.2) is 45.1 Å². The molecule has 0 aliphatic heterocycles. The average molecular weight is 380 g/mol. The number of rotatable bonds is 5. The van der Waals surface area contributed by atoms with Crippen LogP contribution in [0.4, 0.5) is 0 Å². The van der Waals surface area contributed by atoms with Crippen LogP contribution in [0.1, 0.15) is 39.5 Å². The Hall–Kier alpha value is -0.410. The summed E-state index contributed by atoms with van der Waals surface area (Å²) in [6.45, 7) is 4.15. The number of nitrogens with zero attached hydrogens (tertiary/aromatic N) is 2. The molecule has 0 heterocycles. The molecule has 2 aliphatic carbocycles. The minimum atomic E-state index is -0.457. The van der Waals surface area contributed by atoms with E-state index in [0.29, 0.717) is 4.99 Å². The van der Waals surface area contributed by atoms with E-state index in [2.05, 4.69) is 24.7 Å². The van der Waals surface area contributed by atoms with Gasteiger partial charge >= 0.3 is 29.6 Å². The second-order valence-electron chi connectivity index (χ2n) is 6.97. The third kappa shape index (κ3) is 5.29. The van der Waals surface area contributed by atoms with Gasteiger partial charge in [0.1, 0.15) is 9.98 Å². The van der Waals surface area contributed by atoms with Crippen molar-refractivity contribution in [2.75, 3.05) is 14.1 Å². The molecule has 0 saturated heterocycles. The van der Waals surface area contributed by atoms with E-state index in [1.807, 2.05) is 0 Å². The maximum Gasteiger partial charge on any atom is 1.00 e. The van der Waals surface area contributed by atoms with E-state index in [1.54, 1.807) is 19.1 Å². The van der Waals surface area contributed by atoms with Gasteiger partial charge in [-0.3, -0.25) is 25.7 Å². The first-order chi connectivity index (χ1) is 10.6. The second-order valence-corrected chi connectivity index (χ2v) is 7.74. The zero-order valence-electron chi connectivity index (χ0n) is 15.0. The van der Waals surface area contributed by atoms with Gasteiger partial charge in [-0.1, -0.05) is 38.3 Å². The molecule has 0 spiro atoms. The number of thiocarbonyl (C=S) groups is 2. The van der Waals surface area contributed by atoms with Gasteiger partial charge in [-0.05, 0) is 25.7 Å². The Morgan fingerprint density at radius 3 is 1.75 bits per heavy atom. The van der Waals surface area contributed by atoms with E-state index in [9.17, 15) is 9.90 Å². The molecule has 0 aromatic heterocycles. The quantitative estimate of drug-likeness (QED) is 0.187. The van der Waals surface area contributed by atoms with Crippen molar-refractivity contribution in [2.45, 2.75) is 39.5 Å². The van der Waals surface area contributed by atoms with E-state index < -0.39 is 5.91 Å². The zero-order chi connectivity index (χ0) is 17.4. The van der Waals surface area contributed by atoms with Crippen LogP contribution in [-0.2, 0) is 4.79 Å². The fourth-order valence-corrected chi connectivity index (χ4v) is 2.74. The van der Waals surface area contributed by atoms with Crippen molar-refractivity contribution in [3.63, 3.8) is 0 Å². The van der Waals surface area contributed by atoms with E-state index in [4.69, 9.17) is 24.4 Å². The molecule has 128 valence electrons. The Kier molecular flexibility index (Phi) is 7.09. The molecule has 2 aliphatic rings. The van der Waals surface area contributed by atoms with Crippen molar-refractivity contribution in [3.8, 4) is 0 Å². The zero-order valence-corrected chi connectivity index (χ0v) is 18.6. The van der Waals surface area contributed by atoms with Crippen LogP contribution in [0.25, 0.3) is 0 Å². The molecule has 24 heavy (non-hydrogen) atoms. The fourth-order valence-electron chi connectivity index (χ4n) is 2.24. The number of nitrogens with one attached hydrogen (secondary N) is 2. The molecule has 0 aromatic rings. The van der Waals surface area contributed by atoms with Crippen LogP contribution in [0.15, 0.2) is 12.0 Å². The first kappa shape index (κ1) is 21.6. The van der Waals surface area contributed by atoms with Gasteiger partial charge in [0, 0.05) is 24.9 Å². The summed E-state index contributed by atoms with van der Waals surface area (Å²) >= 11 is 10.7. The molecule has 2 rings (SSSR count). The van der Waals surface area contributed by atoms with Crippen LogP contribution in [0.2, 0.25) is 0 Å². The smallest absolute Gasteiger partial charge is 0.494 e. The Morgan fingerprint density at radius 2 is 1.38 bits per heavy atom. The average Bonchev–Trinajstić information content (AvgIpc) is 3.37. The van der Waals surface area contributed by atoms with Crippen molar-refractivity contribution in [2.24, 2.45) is 10.8 Å². The predicted octanol–water partition coefficient (Wildman–Crippen LogP) is -0.956. The van der Waals surface area contributed by atoms with Gasteiger partial charge in [-0.2, -0.15) is 0 Å². The summed E-state index contributed by atoms with van der Waals surface area (Å²) in [5.41, 5.74) is 5.35. The summed E-state index contributed by atoms with van der Waals surface area (Å²) < 4.78 is 0. The summed E-state index contributed by atoms with van der Waals surface area (Å²) in [5, 5.41) is 13.0. The number of carbonyl (C=O) groups is 1. The van der Waals surface area contributed by atoms with Crippen molar-refractivity contribution in [3.05, 3.63) is 12.0 Å². The number of hydrazine groups is 2. The van der Waals surface area contributed by atoms with Crippen molar-refractivity contribution in [1.82, 2.24) is 20.9 Å². The van der Waals surface area contributed by atoms with E-state index in [0.717, 1.165) is 36.7 Å². The Bertz CT molecular complexity index is 574. The third-order valence-corrected chi connectivity index (χ3v) is 6.00. The van der Waals surface area contributed by atoms with Gasteiger partial charge in [-0.15, -0.1) is 0 Å². The predicted molar refractivity (Wildman–Crippen MR) is 97.4 cm³/mol. The molecular formula is C15H24N4NaO2S2+. The molecule has 0 radical (unpaired) electrons. The Labute approximate surface area is 176 Å². The minimum Gasteiger partial charge on any atom is -0.494 e. The number of aliphatic hydroxyl groups excluding tert-OH is 1. The fraction of sp³-hybridized carbons (Fsp3) is 0.667. The molecule has 6 nitrogen and oxygen atoms in total. The van der Waals surface area contributed by atoms with Crippen LogP contribution >= 0.6 is 24.4 Å². The van der Waals surface area contributed by atoms with Crippen LogP contribution in [0, 0.1) is 10.8 Å². The van der Waals surface area contributed by atoms with Gasteiger partial charge in [0.15, 0.2) is 0 Å². The number of amides is 1. The maximum absolute atomic E-state index is 11.9. The third-order valence-electron chi connectivity index (χ3n) is 4.47. The van der Waals surface area contributed by atoms with Gasteiger partial charge < -0.3 is 5.11 Å². The molecule has 3 N–H and O–H groups in total. The van der Waals surface area contributed by atoms with Crippen molar-refractivity contribution < 1.29 is 39.5 Å². The molecule has 9 heteroatoms. The Balaban J connectivity index is 0.00000288. The number of hydrogen-bond donors (Lipinski definition) is 3. The van der Waals surface area contributed by atoms with Crippen LogP contribution in [0.3, 0.4) is 0 Å². The number of aliphatic hydroxyl groups is 1. The van der Waals surface area contributed by atoms with Gasteiger partial charge in [0.05, 0.1) is 6.08 Å². The van der Waals surface area contributed by atoms with Crippen LogP contribution in [0.5, 0.6) is 0 Å². The molecule has 2 fully saturated rings. The minimum absolute atomic E-state index is 0. The summed E-state index contributed by atoms with van der Waals surface area (Å²) in [5.74, 6) is -0.727. The second kappa shape index (κ2) is 7.86. The Morgan fingerprint density at radius 1 is 1.00 bits per heavy atom. The molecule has 0 unspecified atom stereocenters. The van der Waals surface area contributed by atoms with Gasteiger partial charge in [0.2, 0.25) is 5.88 Å². The molecule has 0 atom stereocenters. The van der Waals surface area contributed by atoms with Crippen molar-refractivity contribution >= 4 is 40.3 Å². The topological polar surface area (TPSA) is 67.8 Å². The monoisotopic (exact) mass is 379 g/mol. The van der Waals surface area contributed by atoms with E-state index in [-0.39, 0.29) is 46.3 Å². The number of hydrogen-bond acceptors (Lipinski definition) is 5. The van der Waals surface area contributed by atoms with E-state index >= 15 is 0 Å². The summed E-state index contributed by atoms with van der Waals surface area (Å²) in [6.07, 6.45) is 5.24. The summed E-state index contributed by atoms with van der Waals surface area (Å²) in [4.78, 5) is 13.4.